The van der Waals surface area contributed by atoms with E-state index in [1.165, 1.54) is 5.56 Å². The fraction of sp³-hybridized carbons (Fsp3) is 0.316. The lowest BCUT2D eigenvalue weighted by molar-refractivity contribution is -0.120. The van der Waals surface area contributed by atoms with Crippen molar-refractivity contribution in [2.75, 3.05) is 10.2 Å². The molecule has 1 heterocycles. The molecule has 0 bridgehead atoms. The lowest BCUT2D eigenvalue weighted by Gasteiger charge is -2.37. The minimum Gasteiger partial charge on any atom is -0.372 e. The number of para-hydroxylation sites is 2. The van der Waals surface area contributed by atoms with Gasteiger partial charge < -0.3 is 10.2 Å². The molecule has 0 saturated carbocycles. The van der Waals surface area contributed by atoms with Gasteiger partial charge in [-0.15, -0.1) is 0 Å². The van der Waals surface area contributed by atoms with Gasteiger partial charge in [-0.3, -0.25) is 4.79 Å². The Bertz CT molecular complexity index is 676. The Morgan fingerprint density at radius 3 is 2.45 bits per heavy atom. The van der Waals surface area contributed by atoms with Crippen molar-refractivity contribution in [2.45, 2.75) is 33.4 Å². The van der Waals surface area contributed by atoms with Crippen LogP contribution in [0.25, 0.3) is 0 Å². The van der Waals surface area contributed by atoms with Crippen molar-refractivity contribution in [2.24, 2.45) is 5.92 Å². The van der Waals surface area contributed by atoms with Crippen LogP contribution in [0.15, 0.2) is 48.5 Å². The maximum absolute atomic E-state index is 12.9. The topological polar surface area (TPSA) is 32.3 Å². The number of aryl methyl sites for hydroxylation is 1. The summed E-state index contributed by atoms with van der Waals surface area (Å²) in [5.41, 5.74) is 4.38. The zero-order valence-corrected chi connectivity index (χ0v) is 13.3. The monoisotopic (exact) mass is 294 g/mol. The van der Waals surface area contributed by atoms with E-state index < -0.39 is 0 Å². The number of hydrogen-bond acceptors (Lipinski definition) is 2. The summed E-state index contributed by atoms with van der Waals surface area (Å²) >= 11 is 0. The minimum absolute atomic E-state index is 0.147. The summed E-state index contributed by atoms with van der Waals surface area (Å²) in [4.78, 5) is 14.8. The number of nitrogens with one attached hydrogen (secondary N) is 1. The van der Waals surface area contributed by atoms with Crippen LogP contribution in [0.4, 0.5) is 11.4 Å². The Kier molecular flexibility index (Phi) is 3.88. The van der Waals surface area contributed by atoms with Gasteiger partial charge in [0, 0.05) is 0 Å². The zero-order valence-electron chi connectivity index (χ0n) is 13.3. The maximum Gasteiger partial charge on any atom is 0.250 e. The van der Waals surface area contributed by atoms with Crippen LogP contribution in [0.3, 0.4) is 0 Å². The van der Waals surface area contributed by atoms with Crippen molar-refractivity contribution in [3.63, 3.8) is 0 Å². The molecule has 1 atom stereocenters. The highest BCUT2D eigenvalue weighted by atomic mass is 16.2. The lowest BCUT2D eigenvalue weighted by atomic mass is 9.98. The van der Waals surface area contributed by atoms with Gasteiger partial charge in [0.1, 0.15) is 6.04 Å². The highest BCUT2D eigenvalue weighted by molar-refractivity contribution is 6.04. The number of anilines is 2. The molecule has 22 heavy (non-hydrogen) atoms. The van der Waals surface area contributed by atoms with Crippen LogP contribution >= 0.6 is 0 Å². The Balaban J connectivity index is 1.96. The van der Waals surface area contributed by atoms with Crippen LogP contribution in [0.1, 0.15) is 25.0 Å². The smallest absolute Gasteiger partial charge is 0.250 e. The van der Waals surface area contributed by atoms with Gasteiger partial charge in [-0.25, -0.2) is 0 Å². The SMILES string of the molecule is Cc1ccc(CN2C(=O)C(C(C)C)Nc3ccccc32)cc1. The third-order valence-corrected chi connectivity index (χ3v) is 4.17. The van der Waals surface area contributed by atoms with E-state index in [0.717, 1.165) is 16.9 Å². The first-order valence-corrected chi connectivity index (χ1v) is 7.79. The van der Waals surface area contributed by atoms with Gasteiger partial charge in [0.25, 0.3) is 0 Å². The number of benzene rings is 2. The first-order valence-electron chi connectivity index (χ1n) is 7.79. The van der Waals surface area contributed by atoms with E-state index in [1.807, 2.05) is 29.2 Å². The molecule has 2 aromatic carbocycles. The van der Waals surface area contributed by atoms with Crippen LogP contribution in [-0.4, -0.2) is 11.9 Å². The predicted octanol–water partition coefficient (Wildman–Crippen LogP) is 3.98. The second kappa shape index (κ2) is 5.84. The first kappa shape index (κ1) is 14.6. The Morgan fingerprint density at radius 1 is 1.09 bits per heavy atom. The summed E-state index contributed by atoms with van der Waals surface area (Å²) in [7, 11) is 0. The number of amides is 1. The Labute approximate surface area is 132 Å². The molecule has 2 aromatic rings. The first-order chi connectivity index (χ1) is 10.6. The molecule has 1 unspecified atom stereocenters. The quantitative estimate of drug-likeness (QED) is 0.928. The minimum atomic E-state index is -0.166. The standard InChI is InChI=1S/C19H22N2O/c1-13(2)18-19(22)21(12-15-10-8-14(3)9-11-15)17-7-5-4-6-16(17)20-18/h4-11,13,18,20H,12H2,1-3H3. The second-order valence-corrected chi connectivity index (χ2v) is 6.29. The van der Waals surface area contributed by atoms with E-state index in [-0.39, 0.29) is 17.9 Å². The molecule has 0 aromatic heterocycles. The van der Waals surface area contributed by atoms with E-state index in [4.69, 9.17) is 0 Å². The van der Waals surface area contributed by atoms with Crippen molar-refractivity contribution in [3.05, 3.63) is 59.7 Å². The molecule has 114 valence electrons. The molecule has 1 amide bonds. The van der Waals surface area contributed by atoms with Gasteiger partial charge >= 0.3 is 0 Å². The molecule has 0 saturated heterocycles. The molecule has 1 aliphatic heterocycles. The van der Waals surface area contributed by atoms with Gasteiger partial charge in [-0.05, 0) is 30.5 Å². The van der Waals surface area contributed by atoms with Crippen molar-refractivity contribution in [1.29, 1.82) is 0 Å². The lowest BCUT2D eigenvalue weighted by Crippen LogP contribution is -2.49. The molecule has 0 spiro atoms. The molecule has 1 N–H and O–H groups in total. The summed E-state index contributed by atoms with van der Waals surface area (Å²) < 4.78 is 0. The van der Waals surface area contributed by atoms with Gasteiger partial charge in [0.15, 0.2) is 0 Å². The number of fused-ring (bicyclic) bond motifs is 1. The molecule has 1 aliphatic rings. The summed E-state index contributed by atoms with van der Waals surface area (Å²) in [6.45, 7) is 6.84. The fourth-order valence-electron chi connectivity index (χ4n) is 2.84. The van der Waals surface area contributed by atoms with E-state index in [9.17, 15) is 4.79 Å². The molecule has 3 heteroatoms. The summed E-state index contributed by atoms with van der Waals surface area (Å²) in [5.74, 6) is 0.399. The molecule has 0 fully saturated rings. The number of nitrogens with zero attached hydrogens (tertiary/aromatic N) is 1. The summed E-state index contributed by atoms with van der Waals surface area (Å²) in [6.07, 6.45) is 0. The normalized spacial score (nSPS) is 17.4. The zero-order chi connectivity index (χ0) is 15.7. The number of hydrogen-bond donors (Lipinski definition) is 1. The molecular weight excluding hydrogens is 272 g/mol. The van der Waals surface area contributed by atoms with Crippen molar-refractivity contribution in [3.8, 4) is 0 Å². The summed E-state index contributed by atoms with van der Waals surface area (Å²) in [6, 6.07) is 16.2. The third-order valence-electron chi connectivity index (χ3n) is 4.17. The van der Waals surface area contributed by atoms with Crippen LogP contribution in [-0.2, 0) is 11.3 Å². The maximum atomic E-state index is 12.9. The van der Waals surface area contributed by atoms with E-state index >= 15 is 0 Å². The summed E-state index contributed by atoms with van der Waals surface area (Å²) in [5, 5.41) is 3.38. The van der Waals surface area contributed by atoms with E-state index in [0.29, 0.717) is 6.54 Å². The van der Waals surface area contributed by atoms with Crippen molar-refractivity contribution in [1.82, 2.24) is 0 Å². The van der Waals surface area contributed by atoms with Gasteiger partial charge in [-0.2, -0.15) is 0 Å². The molecule has 0 radical (unpaired) electrons. The van der Waals surface area contributed by atoms with Gasteiger partial charge in [-0.1, -0.05) is 55.8 Å². The van der Waals surface area contributed by atoms with Gasteiger partial charge in [0.05, 0.1) is 17.9 Å². The Morgan fingerprint density at radius 2 is 1.77 bits per heavy atom. The number of rotatable bonds is 3. The average Bonchev–Trinajstić information content (AvgIpc) is 2.51. The highest BCUT2D eigenvalue weighted by Gasteiger charge is 2.33. The molecule has 0 aliphatic carbocycles. The number of carbonyl (C=O) groups is 1. The third kappa shape index (κ3) is 2.71. The Hall–Kier alpha value is -2.29. The predicted molar refractivity (Wildman–Crippen MR) is 91.1 cm³/mol. The second-order valence-electron chi connectivity index (χ2n) is 6.29. The van der Waals surface area contributed by atoms with E-state index in [2.05, 4.69) is 50.4 Å². The largest absolute Gasteiger partial charge is 0.372 e. The fourth-order valence-corrected chi connectivity index (χ4v) is 2.84. The van der Waals surface area contributed by atoms with Crippen LogP contribution < -0.4 is 10.2 Å². The van der Waals surface area contributed by atoms with Crippen LogP contribution in [0, 0.1) is 12.8 Å². The molecule has 3 nitrogen and oxygen atoms in total. The van der Waals surface area contributed by atoms with Crippen molar-refractivity contribution >= 4 is 17.3 Å². The molecular formula is C19H22N2O. The van der Waals surface area contributed by atoms with Crippen LogP contribution in [0.2, 0.25) is 0 Å². The molecule has 3 rings (SSSR count). The number of carbonyl (C=O) groups excluding carboxylic acids is 1. The van der Waals surface area contributed by atoms with E-state index in [1.54, 1.807) is 0 Å². The average molecular weight is 294 g/mol. The van der Waals surface area contributed by atoms with Crippen LogP contribution in [0.5, 0.6) is 0 Å². The highest BCUT2D eigenvalue weighted by Crippen LogP contribution is 2.34. The van der Waals surface area contributed by atoms with Gasteiger partial charge in [0.2, 0.25) is 5.91 Å². The van der Waals surface area contributed by atoms with Crippen molar-refractivity contribution < 1.29 is 4.79 Å².